The zero-order valence-corrected chi connectivity index (χ0v) is 14.4. The Kier molecular flexibility index (Phi) is 4.33. The van der Waals surface area contributed by atoms with Crippen LogP contribution in [-0.4, -0.2) is 10.2 Å². The number of halogens is 1. The number of aromatic hydroxyl groups is 1. The van der Waals surface area contributed by atoms with Gasteiger partial charge in [0.15, 0.2) is 0 Å². The molecule has 0 spiro atoms. The molecule has 0 radical (unpaired) electrons. The number of phenolic OH excluding ortho intramolecular Hbond substituents is 1. The van der Waals surface area contributed by atoms with Crippen molar-refractivity contribution in [2.24, 2.45) is 0 Å². The van der Waals surface area contributed by atoms with Gasteiger partial charge in [0.1, 0.15) is 11.6 Å². The SMILES string of the molecule is Oc1ccc(-c2sc(Nc3ccccc3)n[n+]2-c2ccc(F)cc2)cc1. The van der Waals surface area contributed by atoms with Crippen molar-refractivity contribution in [3.63, 3.8) is 0 Å². The van der Waals surface area contributed by atoms with Crippen molar-refractivity contribution >= 4 is 22.2 Å². The molecule has 4 aromatic rings. The Morgan fingerprint density at radius 3 is 2.27 bits per heavy atom. The summed E-state index contributed by atoms with van der Waals surface area (Å²) >= 11 is 1.48. The van der Waals surface area contributed by atoms with Crippen molar-refractivity contribution in [1.29, 1.82) is 0 Å². The Hall–Kier alpha value is -3.25. The molecule has 0 bridgehead atoms. The van der Waals surface area contributed by atoms with E-state index < -0.39 is 0 Å². The van der Waals surface area contributed by atoms with Gasteiger partial charge in [0.2, 0.25) is 5.69 Å². The first-order valence-electron chi connectivity index (χ1n) is 8.00. The Morgan fingerprint density at radius 2 is 1.58 bits per heavy atom. The molecule has 0 aliphatic carbocycles. The lowest BCUT2D eigenvalue weighted by Gasteiger charge is -1.97. The van der Waals surface area contributed by atoms with Crippen LogP contribution in [0, 0.1) is 5.82 Å². The van der Waals surface area contributed by atoms with E-state index in [2.05, 4.69) is 10.4 Å². The van der Waals surface area contributed by atoms with E-state index in [-0.39, 0.29) is 11.6 Å². The van der Waals surface area contributed by atoms with Gasteiger partial charge >= 0.3 is 5.01 Å². The molecule has 128 valence electrons. The van der Waals surface area contributed by atoms with E-state index in [1.165, 1.54) is 23.5 Å². The van der Waals surface area contributed by atoms with Crippen molar-refractivity contribution in [1.82, 2.24) is 5.10 Å². The lowest BCUT2D eigenvalue weighted by molar-refractivity contribution is -0.642. The summed E-state index contributed by atoms with van der Waals surface area (Å²) in [6, 6.07) is 22.9. The summed E-state index contributed by atoms with van der Waals surface area (Å²) in [7, 11) is 0. The Bertz CT molecular complexity index is 952. The summed E-state index contributed by atoms with van der Waals surface area (Å²) in [5.74, 6) is -0.0902. The zero-order valence-electron chi connectivity index (χ0n) is 13.6. The molecule has 0 unspecified atom stereocenters. The van der Waals surface area contributed by atoms with Gasteiger partial charge in [-0.05, 0) is 64.5 Å². The van der Waals surface area contributed by atoms with Gasteiger partial charge in [-0.25, -0.2) is 4.39 Å². The van der Waals surface area contributed by atoms with Crippen molar-refractivity contribution in [3.8, 4) is 22.0 Å². The van der Waals surface area contributed by atoms with Crippen LogP contribution in [-0.2, 0) is 0 Å². The number of hydrogen-bond donors (Lipinski definition) is 2. The topological polar surface area (TPSA) is 49.0 Å². The molecular formula is C20H15FN3OS+. The first-order valence-corrected chi connectivity index (χ1v) is 8.81. The number of phenols is 1. The number of rotatable bonds is 4. The maximum absolute atomic E-state index is 13.3. The van der Waals surface area contributed by atoms with Gasteiger partial charge in [-0.2, -0.15) is 0 Å². The van der Waals surface area contributed by atoms with E-state index in [1.54, 1.807) is 28.9 Å². The highest BCUT2D eigenvalue weighted by Gasteiger charge is 2.24. The van der Waals surface area contributed by atoms with Gasteiger partial charge in [-0.3, -0.25) is 0 Å². The van der Waals surface area contributed by atoms with Crippen LogP contribution in [0.15, 0.2) is 78.9 Å². The van der Waals surface area contributed by atoms with E-state index in [9.17, 15) is 9.50 Å². The molecule has 1 heterocycles. The minimum absolute atomic E-state index is 0.203. The highest BCUT2D eigenvalue weighted by atomic mass is 32.1. The molecule has 0 aliphatic rings. The number of para-hydroxylation sites is 1. The maximum Gasteiger partial charge on any atom is 0.304 e. The summed E-state index contributed by atoms with van der Waals surface area (Å²) in [6.07, 6.45) is 0. The number of benzene rings is 3. The number of anilines is 2. The first-order chi connectivity index (χ1) is 12.7. The molecule has 0 fully saturated rings. The van der Waals surface area contributed by atoms with Crippen LogP contribution in [0.25, 0.3) is 16.3 Å². The summed E-state index contributed by atoms with van der Waals surface area (Å²) < 4.78 is 15.1. The van der Waals surface area contributed by atoms with Crippen LogP contribution >= 0.6 is 11.3 Å². The number of hydrogen-bond acceptors (Lipinski definition) is 4. The number of nitrogens with zero attached hydrogens (tertiary/aromatic N) is 2. The molecule has 0 amide bonds. The summed E-state index contributed by atoms with van der Waals surface area (Å²) in [6.45, 7) is 0. The van der Waals surface area contributed by atoms with Gasteiger partial charge in [0.05, 0.1) is 5.56 Å². The van der Waals surface area contributed by atoms with Crippen molar-refractivity contribution in [2.75, 3.05) is 5.32 Å². The third kappa shape index (κ3) is 3.41. The molecule has 0 atom stereocenters. The van der Waals surface area contributed by atoms with Gasteiger partial charge in [0, 0.05) is 22.9 Å². The fraction of sp³-hybridized carbons (Fsp3) is 0. The monoisotopic (exact) mass is 364 g/mol. The quantitative estimate of drug-likeness (QED) is 0.517. The lowest BCUT2D eigenvalue weighted by Crippen LogP contribution is -2.34. The standard InChI is InChI=1S/C20H14FN3OS/c21-15-8-10-17(11-9-15)24-19(14-6-12-18(25)13-7-14)26-20(23-24)22-16-4-2-1-3-5-16/h1-13H,(H,22,23)/p+1. The third-order valence-electron chi connectivity index (χ3n) is 3.79. The second-order valence-electron chi connectivity index (χ2n) is 5.64. The highest BCUT2D eigenvalue weighted by molar-refractivity contribution is 7.18. The summed E-state index contributed by atoms with van der Waals surface area (Å²) in [5, 5.41) is 19.1. The van der Waals surface area contributed by atoms with Gasteiger partial charge in [0.25, 0.3) is 5.13 Å². The maximum atomic E-state index is 13.3. The molecule has 6 heteroatoms. The fourth-order valence-corrected chi connectivity index (χ4v) is 3.49. The molecule has 0 aliphatic heterocycles. The molecule has 4 nitrogen and oxygen atoms in total. The predicted octanol–water partition coefficient (Wildman–Crippen LogP) is 4.68. The Labute approximate surface area is 153 Å². The minimum Gasteiger partial charge on any atom is -0.508 e. The third-order valence-corrected chi connectivity index (χ3v) is 4.77. The molecule has 3 aromatic carbocycles. The van der Waals surface area contributed by atoms with E-state index >= 15 is 0 Å². The zero-order chi connectivity index (χ0) is 17.9. The smallest absolute Gasteiger partial charge is 0.304 e. The largest absolute Gasteiger partial charge is 0.508 e. The van der Waals surface area contributed by atoms with Crippen LogP contribution in [0.4, 0.5) is 15.2 Å². The van der Waals surface area contributed by atoms with E-state index in [4.69, 9.17) is 0 Å². The lowest BCUT2D eigenvalue weighted by atomic mass is 10.2. The van der Waals surface area contributed by atoms with Crippen molar-refractivity contribution in [3.05, 3.63) is 84.7 Å². The minimum atomic E-state index is -0.293. The Balaban J connectivity index is 1.79. The second-order valence-corrected chi connectivity index (χ2v) is 6.62. The van der Waals surface area contributed by atoms with Gasteiger partial charge in [-0.1, -0.05) is 18.2 Å². The van der Waals surface area contributed by atoms with Crippen LogP contribution in [0.5, 0.6) is 5.75 Å². The highest BCUT2D eigenvalue weighted by Crippen LogP contribution is 2.29. The summed E-state index contributed by atoms with van der Waals surface area (Å²) in [5.41, 5.74) is 2.60. The predicted molar refractivity (Wildman–Crippen MR) is 100 cm³/mol. The van der Waals surface area contributed by atoms with Crippen molar-refractivity contribution in [2.45, 2.75) is 0 Å². The van der Waals surface area contributed by atoms with E-state index in [1.807, 2.05) is 42.5 Å². The Morgan fingerprint density at radius 1 is 0.885 bits per heavy atom. The number of aromatic nitrogens is 2. The van der Waals surface area contributed by atoms with Crippen LogP contribution < -0.4 is 10.00 Å². The molecular weight excluding hydrogens is 349 g/mol. The van der Waals surface area contributed by atoms with E-state index in [0.29, 0.717) is 5.13 Å². The number of nitrogens with one attached hydrogen (secondary N) is 1. The molecule has 1 aromatic heterocycles. The molecule has 26 heavy (non-hydrogen) atoms. The molecule has 2 N–H and O–H groups in total. The first kappa shape index (κ1) is 16.2. The van der Waals surface area contributed by atoms with Gasteiger partial charge < -0.3 is 10.4 Å². The fourth-order valence-electron chi connectivity index (χ4n) is 2.53. The second kappa shape index (κ2) is 6.93. The van der Waals surface area contributed by atoms with Gasteiger partial charge in [-0.15, -0.1) is 0 Å². The summed E-state index contributed by atoms with van der Waals surface area (Å²) in [4.78, 5) is 0. The van der Waals surface area contributed by atoms with Crippen LogP contribution in [0.3, 0.4) is 0 Å². The molecule has 4 rings (SSSR count). The normalized spacial score (nSPS) is 10.7. The van der Waals surface area contributed by atoms with Crippen LogP contribution in [0.1, 0.15) is 0 Å². The van der Waals surface area contributed by atoms with E-state index in [0.717, 1.165) is 21.9 Å². The average molecular weight is 364 g/mol. The van der Waals surface area contributed by atoms with Crippen LogP contribution in [0.2, 0.25) is 0 Å². The van der Waals surface area contributed by atoms with Crippen molar-refractivity contribution < 1.29 is 14.2 Å². The molecule has 0 saturated heterocycles. The average Bonchev–Trinajstić information content (AvgIpc) is 3.07. The molecule has 0 saturated carbocycles.